The highest BCUT2D eigenvalue weighted by molar-refractivity contribution is 7.22. The average Bonchev–Trinajstić information content (AvgIpc) is 3.30. The summed E-state index contributed by atoms with van der Waals surface area (Å²) in [5, 5.41) is 3.79. The Morgan fingerprint density at radius 2 is 1.89 bits per heavy atom. The van der Waals surface area contributed by atoms with E-state index in [1.165, 1.54) is 25.7 Å². The van der Waals surface area contributed by atoms with E-state index in [0.29, 0.717) is 11.8 Å². The third kappa shape index (κ3) is 2.25. The van der Waals surface area contributed by atoms with Crippen LogP contribution in [0.25, 0.3) is 10.2 Å². The Morgan fingerprint density at radius 3 is 2.53 bits per heavy atom. The van der Waals surface area contributed by atoms with Gasteiger partial charge in [0, 0.05) is 5.92 Å². The molecule has 0 bridgehead atoms. The van der Waals surface area contributed by atoms with Gasteiger partial charge in [-0.2, -0.15) is 0 Å². The topological polar surface area (TPSA) is 42.0 Å². The highest BCUT2D eigenvalue weighted by Gasteiger charge is 2.45. The van der Waals surface area contributed by atoms with Gasteiger partial charge in [0.2, 0.25) is 5.91 Å². The number of fused-ring (bicyclic) bond motifs is 1. The van der Waals surface area contributed by atoms with Gasteiger partial charge in [0.15, 0.2) is 5.13 Å². The van der Waals surface area contributed by atoms with E-state index in [4.69, 9.17) is 0 Å². The van der Waals surface area contributed by atoms with Crippen molar-refractivity contribution in [3.8, 4) is 0 Å². The van der Waals surface area contributed by atoms with Crippen LogP contribution in [0, 0.1) is 17.8 Å². The number of carbonyl (C=O) groups excluding carboxylic acids is 1. The molecule has 0 radical (unpaired) electrons. The Balaban J connectivity index is 1.54. The Bertz CT molecular complexity index is 583. The van der Waals surface area contributed by atoms with Crippen molar-refractivity contribution in [2.75, 3.05) is 5.32 Å². The summed E-state index contributed by atoms with van der Waals surface area (Å²) < 4.78 is 1.13. The third-order valence-electron chi connectivity index (χ3n) is 4.09. The van der Waals surface area contributed by atoms with Crippen molar-refractivity contribution in [1.82, 2.24) is 4.98 Å². The summed E-state index contributed by atoms with van der Waals surface area (Å²) in [4.78, 5) is 16.9. The van der Waals surface area contributed by atoms with Crippen molar-refractivity contribution in [2.45, 2.75) is 25.7 Å². The molecular formula is C15H16N2OS. The van der Waals surface area contributed by atoms with Crippen molar-refractivity contribution in [3.05, 3.63) is 24.3 Å². The number of nitrogens with one attached hydrogen (secondary N) is 1. The number of anilines is 1. The largest absolute Gasteiger partial charge is 0.302 e. The van der Waals surface area contributed by atoms with Crippen LogP contribution in [0.15, 0.2) is 24.3 Å². The second-order valence-electron chi connectivity index (χ2n) is 5.68. The smallest absolute Gasteiger partial charge is 0.229 e. The number of hydrogen-bond donors (Lipinski definition) is 1. The van der Waals surface area contributed by atoms with Gasteiger partial charge >= 0.3 is 0 Å². The number of aromatic nitrogens is 1. The number of amides is 1. The molecule has 1 aromatic heterocycles. The molecule has 0 saturated heterocycles. The van der Waals surface area contributed by atoms with Crippen molar-refractivity contribution < 1.29 is 4.79 Å². The second kappa shape index (κ2) is 4.30. The first kappa shape index (κ1) is 11.4. The number of nitrogens with zero attached hydrogens (tertiary/aromatic N) is 1. The lowest BCUT2D eigenvalue weighted by molar-refractivity contribution is -0.121. The molecule has 2 fully saturated rings. The molecule has 0 unspecified atom stereocenters. The highest BCUT2D eigenvalue weighted by Crippen LogP contribution is 2.49. The van der Waals surface area contributed by atoms with E-state index >= 15 is 0 Å². The van der Waals surface area contributed by atoms with Gasteiger partial charge in [-0.1, -0.05) is 23.5 Å². The Hall–Kier alpha value is -1.42. The zero-order chi connectivity index (χ0) is 12.8. The molecule has 19 heavy (non-hydrogen) atoms. The van der Waals surface area contributed by atoms with Crippen molar-refractivity contribution in [1.29, 1.82) is 0 Å². The van der Waals surface area contributed by atoms with Crippen LogP contribution in [0.1, 0.15) is 25.7 Å². The fourth-order valence-electron chi connectivity index (χ4n) is 2.84. The number of para-hydroxylation sites is 1. The zero-order valence-corrected chi connectivity index (χ0v) is 11.5. The van der Waals surface area contributed by atoms with Crippen LogP contribution in [-0.2, 0) is 4.79 Å². The van der Waals surface area contributed by atoms with Crippen LogP contribution in [0.3, 0.4) is 0 Å². The van der Waals surface area contributed by atoms with Crippen LogP contribution < -0.4 is 5.32 Å². The lowest BCUT2D eigenvalue weighted by atomic mass is 9.97. The predicted octanol–water partition coefficient (Wildman–Crippen LogP) is 3.67. The third-order valence-corrected chi connectivity index (χ3v) is 5.04. The molecule has 2 aliphatic rings. The quantitative estimate of drug-likeness (QED) is 0.922. The van der Waals surface area contributed by atoms with E-state index in [9.17, 15) is 4.79 Å². The number of rotatable bonds is 4. The maximum absolute atomic E-state index is 12.4. The predicted molar refractivity (Wildman–Crippen MR) is 77.2 cm³/mol. The van der Waals surface area contributed by atoms with Crippen LogP contribution in [0.2, 0.25) is 0 Å². The summed E-state index contributed by atoms with van der Waals surface area (Å²) in [6.45, 7) is 0. The first-order valence-electron chi connectivity index (χ1n) is 6.98. The monoisotopic (exact) mass is 272 g/mol. The fourth-order valence-corrected chi connectivity index (χ4v) is 3.71. The van der Waals surface area contributed by atoms with Gasteiger partial charge in [-0.15, -0.1) is 0 Å². The van der Waals surface area contributed by atoms with Gasteiger partial charge in [-0.3, -0.25) is 4.79 Å². The van der Waals surface area contributed by atoms with E-state index < -0.39 is 0 Å². The molecule has 0 aliphatic heterocycles. The molecule has 1 aromatic carbocycles. The SMILES string of the molecule is O=C(Nc1nc2ccccc2s1)C(C1CC1)C1CC1. The van der Waals surface area contributed by atoms with E-state index in [1.54, 1.807) is 11.3 Å². The van der Waals surface area contributed by atoms with Gasteiger partial charge in [-0.05, 0) is 49.7 Å². The van der Waals surface area contributed by atoms with Gasteiger partial charge in [0.05, 0.1) is 10.2 Å². The van der Waals surface area contributed by atoms with Crippen LogP contribution in [-0.4, -0.2) is 10.9 Å². The number of thiazole rings is 1. The van der Waals surface area contributed by atoms with Gasteiger partial charge < -0.3 is 5.32 Å². The molecule has 3 nitrogen and oxygen atoms in total. The summed E-state index contributed by atoms with van der Waals surface area (Å²) >= 11 is 1.56. The first-order valence-corrected chi connectivity index (χ1v) is 7.79. The molecule has 98 valence electrons. The molecule has 1 heterocycles. The number of carbonyl (C=O) groups is 1. The maximum atomic E-state index is 12.4. The minimum Gasteiger partial charge on any atom is -0.302 e. The molecule has 1 N–H and O–H groups in total. The summed E-state index contributed by atoms with van der Waals surface area (Å²) in [6, 6.07) is 8.01. The Kier molecular flexibility index (Phi) is 2.58. The number of benzene rings is 1. The average molecular weight is 272 g/mol. The molecule has 2 aromatic rings. The van der Waals surface area contributed by atoms with Gasteiger partial charge in [-0.25, -0.2) is 4.98 Å². The second-order valence-corrected chi connectivity index (χ2v) is 6.71. The molecule has 1 amide bonds. The molecule has 4 rings (SSSR count). The van der Waals surface area contributed by atoms with Gasteiger partial charge in [0.1, 0.15) is 0 Å². The minimum absolute atomic E-state index is 0.198. The van der Waals surface area contributed by atoms with Crippen molar-refractivity contribution in [2.24, 2.45) is 17.8 Å². The molecule has 2 aliphatic carbocycles. The van der Waals surface area contributed by atoms with Crippen molar-refractivity contribution in [3.63, 3.8) is 0 Å². The minimum atomic E-state index is 0.198. The Labute approximate surface area is 116 Å². The summed E-state index contributed by atoms with van der Waals surface area (Å²) in [5.41, 5.74) is 0.970. The molecule has 0 spiro atoms. The maximum Gasteiger partial charge on any atom is 0.229 e. The normalized spacial score (nSPS) is 19.0. The van der Waals surface area contributed by atoms with Crippen LogP contribution in [0.4, 0.5) is 5.13 Å². The van der Waals surface area contributed by atoms with E-state index in [2.05, 4.69) is 10.3 Å². The molecule has 0 atom stereocenters. The van der Waals surface area contributed by atoms with Crippen molar-refractivity contribution >= 4 is 32.6 Å². The summed E-state index contributed by atoms with van der Waals surface area (Å²) in [6.07, 6.45) is 4.92. The van der Waals surface area contributed by atoms with Gasteiger partial charge in [0.25, 0.3) is 0 Å². The van der Waals surface area contributed by atoms with E-state index in [0.717, 1.165) is 15.3 Å². The number of hydrogen-bond acceptors (Lipinski definition) is 3. The molecule has 4 heteroatoms. The van der Waals surface area contributed by atoms with Crippen LogP contribution in [0.5, 0.6) is 0 Å². The highest BCUT2D eigenvalue weighted by atomic mass is 32.1. The standard InChI is InChI=1S/C15H16N2OS/c18-14(13(9-5-6-9)10-7-8-10)17-15-16-11-3-1-2-4-12(11)19-15/h1-4,9-10,13H,5-8H2,(H,16,17,18). The first-order chi connectivity index (χ1) is 9.31. The molecular weight excluding hydrogens is 256 g/mol. The summed E-state index contributed by atoms with van der Waals surface area (Å²) in [7, 11) is 0. The Morgan fingerprint density at radius 1 is 1.21 bits per heavy atom. The lowest BCUT2D eigenvalue weighted by Gasteiger charge is -2.13. The van der Waals surface area contributed by atoms with E-state index in [1.807, 2.05) is 24.3 Å². The fraction of sp³-hybridized carbons (Fsp3) is 0.467. The molecule has 2 saturated carbocycles. The van der Waals surface area contributed by atoms with E-state index in [-0.39, 0.29) is 11.8 Å². The summed E-state index contributed by atoms with van der Waals surface area (Å²) in [5.74, 6) is 1.72. The van der Waals surface area contributed by atoms with Crippen LogP contribution >= 0.6 is 11.3 Å². The lowest BCUT2D eigenvalue weighted by Crippen LogP contribution is -2.26. The zero-order valence-electron chi connectivity index (χ0n) is 10.6.